The van der Waals surface area contributed by atoms with Crippen LogP contribution in [0.2, 0.25) is 0 Å². The predicted octanol–water partition coefficient (Wildman–Crippen LogP) is 0.229. The highest BCUT2D eigenvalue weighted by molar-refractivity contribution is 6.01. The smallest absolute Gasteiger partial charge is 0.254 e. The molecule has 1 atom stereocenters. The zero-order chi connectivity index (χ0) is 12.4. The van der Waals surface area contributed by atoms with Gasteiger partial charge in [0.2, 0.25) is 5.91 Å². The number of carbonyl (C=O) groups excluding carboxylic acids is 2. The molecule has 1 unspecified atom stereocenters. The Balaban J connectivity index is 2.08. The number of carbonyl (C=O) groups is 2. The highest BCUT2D eigenvalue weighted by Crippen LogP contribution is 2.13. The van der Waals surface area contributed by atoms with Gasteiger partial charge in [0.1, 0.15) is 6.04 Å². The standard InChI is InChI=1S/C12H15N3O2/c1-15-7-6-10(12(15)17)14-11(16)8-4-2-3-5-9(8)13/h2-5,10H,6-7,13H2,1H3,(H,14,16). The maximum atomic E-state index is 11.9. The molecule has 1 aliphatic rings. The Morgan fingerprint density at radius 3 is 2.76 bits per heavy atom. The number of hydrogen-bond acceptors (Lipinski definition) is 3. The molecule has 90 valence electrons. The Labute approximate surface area is 99.6 Å². The van der Waals surface area contributed by atoms with Crippen molar-refractivity contribution in [1.82, 2.24) is 10.2 Å². The molecule has 0 saturated carbocycles. The average molecular weight is 233 g/mol. The third kappa shape index (κ3) is 2.22. The molecule has 17 heavy (non-hydrogen) atoms. The van der Waals surface area contributed by atoms with E-state index in [0.717, 1.165) is 0 Å². The van der Waals surface area contributed by atoms with Crippen LogP contribution in [0.1, 0.15) is 16.8 Å². The predicted molar refractivity (Wildman–Crippen MR) is 64.4 cm³/mol. The number of amides is 2. The second-order valence-electron chi connectivity index (χ2n) is 4.16. The van der Waals surface area contributed by atoms with Gasteiger partial charge < -0.3 is 16.0 Å². The lowest BCUT2D eigenvalue weighted by molar-refractivity contribution is -0.128. The third-order valence-electron chi connectivity index (χ3n) is 2.94. The fourth-order valence-electron chi connectivity index (χ4n) is 1.90. The van der Waals surface area contributed by atoms with Gasteiger partial charge in [-0.25, -0.2) is 0 Å². The van der Waals surface area contributed by atoms with E-state index >= 15 is 0 Å². The number of hydrogen-bond donors (Lipinski definition) is 2. The Hall–Kier alpha value is -2.04. The molecule has 1 fully saturated rings. The molecule has 0 spiro atoms. The average Bonchev–Trinajstić information content (AvgIpc) is 2.61. The molecule has 2 rings (SSSR count). The number of nitrogens with two attached hydrogens (primary N) is 1. The molecular weight excluding hydrogens is 218 g/mol. The largest absolute Gasteiger partial charge is 0.398 e. The molecule has 0 bridgehead atoms. The molecule has 0 aromatic heterocycles. The van der Waals surface area contributed by atoms with E-state index in [9.17, 15) is 9.59 Å². The topological polar surface area (TPSA) is 75.4 Å². The van der Waals surface area contributed by atoms with Crippen LogP contribution in [-0.4, -0.2) is 36.3 Å². The fraction of sp³-hybridized carbons (Fsp3) is 0.333. The summed E-state index contributed by atoms with van der Waals surface area (Å²) in [7, 11) is 1.73. The van der Waals surface area contributed by atoms with Crippen LogP contribution < -0.4 is 11.1 Å². The van der Waals surface area contributed by atoms with E-state index < -0.39 is 6.04 Å². The lowest BCUT2D eigenvalue weighted by atomic mass is 10.1. The van der Waals surface area contributed by atoms with Crippen LogP contribution in [0.3, 0.4) is 0 Å². The van der Waals surface area contributed by atoms with Gasteiger partial charge in [0, 0.05) is 19.3 Å². The van der Waals surface area contributed by atoms with Crippen molar-refractivity contribution in [3.05, 3.63) is 29.8 Å². The first-order chi connectivity index (χ1) is 8.09. The Kier molecular flexibility index (Phi) is 2.99. The summed E-state index contributed by atoms with van der Waals surface area (Å²) in [5, 5.41) is 2.71. The van der Waals surface area contributed by atoms with Gasteiger partial charge in [-0.3, -0.25) is 9.59 Å². The van der Waals surface area contributed by atoms with E-state index in [1.807, 2.05) is 0 Å². The summed E-state index contributed by atoms with van der Waals surface area (Å²) < 4.78 is 0. The van der Waals surface area contributed by atoms with E-state index in [-0.39, 0.29) is 11.8 Å². The van der Waals surface area contributed by atoms with E-state index in [0.29, 0.717) is 24.2 Å². The van der Waals surface area contributed by atoms with Gasteiger partial charge in [-0.1, -0.05) is 12.1 Å². The van der Waals surface area contributed by atoms with Gasteiger partial charge >= 0.3 is 0 Å². The molecule has 5 heteroatoms. The number of rotatable bonds is 2. The fourth-order valence-corrected chi connectivity index (χ4v) is 1.90. The van der Waals surface area contributed by atoms with Crippen LogP contribution >= 0.6 is 0 Å². The lowest BCUT2D eigenvalue weighted by Gasteiger charge is -2.13. The summed E-state index contributed by atoms with van der Waals surface area (Å²) in [6, 6.07) is 6.40. The van der Waals surface area contributed by atoms with Gasteiger partial charge in [-0.15, -0.1) is 0 Å². The number of nitrogens with zero attached hydrogens (tertiary/aromatic N) is 1. The van der Waals surface area contributed by atoms with E-state index in [2.05, 4.69) is 5.32 Å². The molecular formula is C12H15N3O2. The number of likely N-dealkylation sites (tertiary alicyclic amines) is 1. The number of benzene rings is 1. The minimum Gasteiger partial charge on any atom is -0.398 e. The minimum absolute atomic E-state index is 0.0483. The van der Waals surface area contributed by atoms with E-state index in [1.54, 1.807) is 36.2 Å². The minimum atomic E-state index is -0.424. The lowest BCUT2D eigenvalue weighted by Crippen LogP contribution is -2.40. The van der Waals surface area contributed by atoms with Gasteiger partial charge in [-0.05, 0) is 18.6 Å². The van der Waals surface area contributed by atoms with Crippen molar-refractivity contribution >= 4 is 17.5 Å². The first-order valence-electron chi connectivity index (χ1n) is 5.50. The Morgan fingerprint density at radius 2 is 2.18 bits per heavy atom. The monoisotopic (exact) mass is 233 g/mol. The Morgan fingerprint density at radius 1 is 1.47 bits per heavy atom. The van der Waals surface area contributed by atoms with Crippen molar-refractivity contribution in [2.24, 2.45) is 0 Å². The van der Waals surface area contributed by atoms with Crippen molar-refractivity contribution in [2.45, 2.75) is 12.5 Å². The van der Waals surface area contributed by atoms with Crippen molar-refractivity contribution in [2.75, 3.05) is 19.3 Å². The molecule has 0 radical (unpaired) electrons. The number of nitrogen functional groups attached to an aromatic ring is 1. The molecule has 1 heterocycles. The summed E-state index contributed by atoms with van der Waals surface area (Å²) in [5.74, 6) is -0.343. The van der Waals surface area contributed by atoms with Crippen LogP contribution in [0.5, 0.6) is 0 Å². The summed E-state index contributed by atoms with van der Waals surface area (Å²) in [6.45, 7) is 0.675. The molecule has 2 amide bonds. The molecule has 3 N–H and O–H groups in total. The molecule has 0 aliphatic carbocycles. The van der Waals surface area contributed by atoms with Crippen LogP contribution in [0.25, 0.3) is 0 Å². The number of likely N-dealkylation sites (N-methyl/N-ethyl adjacent to an activating group) is 1. The van der Waals surface area contributed by atoms with E-state index in [4.69, 9.17) is 5.73 Å². The molecule has 5 nitrogen and oxygen atoms in total. The third-order valence-corrected chi connectivity index (χ3v) is 2.94. The second-order valence-corrected chi connectivity index (χ2v) is 4.16. The normalized spacial score (nSPS) is 19.5. The van der Waals surface area contributed by atoms with Crippen LogP contribution in [0.4, 0.5) is 5.69 Å². The first-order valence-corrected chi connectivity index (χ1v) is 5.50. The maximum absolute atomic E-state index is 11.9. The molecule has 1 aromatic carbocycles. The zero-order valence-electron chi connectivity index (χ0n) is 9.64. The summed E-state index contributed by atoms with van der Waals surface area (Å²) >= 11 is 0. The number of nitrogens with one attached hydrogen (secondary N) is 1. The molecule has 1 aliphatic heterocycles. The van der Waals surface area contributed by atoms with Crippen LogP contribution in [-0.2, 0) is 4.79 Å². The van der Waals surface area contributed by atoms with Crippen molar-refractivity contribution in [3.63, 3.8) is 0 Å². The van der Waals surface area contributed by atoms with E-state index in [1.165, 1.54) is 0 Å². The first kappa shape index (κ1) is 11.4. The highest BCUT2D eigenvalue weighted by Gasteiger charge is 2.30. The number of anilines is 1. The van der Waals surface area contributed by atoms with Gasteiger partial charge in [-0.2, -0.15) is 0 Å². The zero-order valence-corrected chi connectivity index (χ0v) is 9.64. The quantitative estimate of drug-likeness (QED) is 0.718. The Bertz CT molecular complexity index is 459. The maximum Gasteiger partial charge on any atom is 0.254 e. The second kappa shape index (κ2) is 4.45. The van der Waals surface area contributed by atoms with Gasteiger partial charge in [0.05, 0.1) is 5.56 Å². The van der Waals surface area contributed by atoms with Gasteiger partial charge in [0.25, 0.3) is 5.91 Å². The highest BCUT2D eigenvalue weighted by atomic mass is 16.2. The van der Waals surface area contributed by atoms with Crippen molar-refractivity contribution in [3.8, 4) is 0 Å². The van der Waals surface area contributed by atoms with Crippen LogP contribution in [0.15, 0.2) is 24.3 Å². The number of para-hydroxylation sites is 1. The van der Waals surface area contributed by atoms with Crippen LogP contribution in [0, 0.1) is 0 Å². The molecule has 1 aromatic rings. The SMILES string of the molecule is CN1CCC(NC(=O)c2ccccc2N)C1=O. The summed E-state index contributed by atoms with van der Waals surface area (Å²) in [6.07, 6.45) is 0.647. The van der Waals surface area contributed by atoms with Crippen molar-refractivity contribution in [1.29, 1.82) is 0 Å². The van der Waals surface area contributed by atoms with Crippen molar-refractivity contribution < 1.29 is 9.59 Å². The van der Waals surface area contributed by atoms with Gasteiger partial charge in [0.15, 0.2) is 0 Å². The summed E-state index contributed by atoms with van der Waals surface area (Å²) in [5.41, 5.74) is 6.53. The molecule has 1 saturated heterocycles. The summed E-state index contributed by atoms with van der Waals surface area (Å²) in [4.78, 5) is 25.2.